The quantitative estimate of drug-likeness (QED) is 0.334. The van der Waals surface area contributed by atoms with E-state index in [1.165, 1.54) is 6.42 Å². The molecule has 0 unspecified atom stereocenters. The summed E-state index contributed by atoms with van der Waals surface area (Å²) in [5.74, 6) is 2.56. The van der Waals surface area contributed by atoms with E-state index in [9.17, 15) is 9.90 Å². The van der Waals surface area contributed by atoms with E-state index < -0.39 is 5.60 Å². The van der Waals surface area contributed by atoms with Crippen LogP contribution in [0.3, 0.4) is 0 Å². The van der Waals surface area contributed by atoms with E-state index in [1.54, 1.807) is 0 Å². The van der Waals surface area contributed by atoms with E-state index in [0.29, 0.717) is 29.6 Å². The maximum atomic E-state index is 13.6. The van der Waals surface area contributed by atoms with Crippen LogP contribution < -0.4 is 0 Å². The summed E-state index contributed by atoms with van der Waals surface area (Å²) in [5, 5.41) is 10.9. The number of hydrogen-bond acceptors (Lipinski definition) is 3. The first-order valence-electron chi connectivity index (χ1n) is 13.9. The fraction of sp³-hybridized carbons (Fsp3) is 0.900. The second kappa shape index (κ2) is 6.29. The molecule has 6 aliphatic rings. The first-order valence-corrected chi connectivity index (χ1v) is 13.9. The van der Waals surface area contributed by atoms with Gasteiger partial charge in [0.1, 0.15) is 5.60 Å². The number of allylic oxidation sites excluding steroid dienone is 1. The van der Waals surface area contributed by atoms with Crippen LogP contribution in [0.25, 0.3) is 0 Å². The van der Waals surface area contributed by atoms with Gasteiger partial charge >= 0.3 is 5.97 Å². The van der Waals surface area contributed by atoms with Crippen LogP contribution in [0.4, 0.5) is 0 Å². The van der Waals surface area contributed by atoms with Crippen molar-refractivity contribution in [2.24, 2.45) is 56.7 Å². The predicted octanol–water partition coefficient (Wildman–Crippen LogP) is 6.54. The predicted molar refractivity (Wildman–Crippen MR) is 130 cm³/mol. The highest BCUT2D eigenvalue weighted by Gasteiger charge is 2.80. The van der Waals surface area contributed by atoms with Gasteiger partial charge < -0.3 is 9.84 Å². The van der Waals surface area contributed by atoms with E-state index in [-0.39, 0.29) is 39.1 Å². The van der Waals surface area contributed by atoms with Gasteiger partial charge in [-0.1, -0.05) is 54.5 Å². The number of ether oxygens (including phenoxy) is 1. The van der Waals surface area contributed by atoms with Gasteiger partial charge in [-0.05, 0) is 97.4 Å². The van der Waals surface area contributed by atoms with Gasteiger partial charge in [-0.2, -0.15) is 0 Å². The van der Waals surface area contributed by atoms with Crippen molar-refractivity contribution >= 4 is 5.97 Å². The monoisotopic (exact) mass is 454 g/mol. The zero-order valence-electron chi connectivity index (χ0n) is 22.0. The van der Waals surface area contributed by atoms with Crippen LogP contribution in [0.1, 0.15) is 99.8 Å². The van der Waals surface area contributed by atoms with Crippen LogP contribution in [-0.4, -0.2) is 22.8 Å². The third-order valence-corrected chi connectivity index (χ3v) is 13.8. The maximum absolute atomic E-state index is 13.6. The lowest BCUT2D eigenvalue weighted by Gasteiger charge is -2.72. The Morgan fingerprint density at radius 2 is 1.67 bits per heavy atom. The Hall–Kier alpha value is -0.830. The minimum absolute atomic E-state index is 0.0424. The third kappa shape index (κ3) is 2.23. The van der Waals surface area contributed by atoms with Crippen LogP contribution in [0, 0.1) is 56.7 Å². The van der Waals surface area contributed by atoms with Crippen molar-refractivity contribution in [3.8, 4) is 0 Å². The average molecular weight is 455 g/mol. The molecule has 3 nitrogen and oxygen atoms in total. The van der Waals surface area contributed by atoms with Crippen molar-refractivity contribution in [3.63, 3.8) is 0 Å². The summed E-state index contributed by atoms with van der Waals surface area (Å²) >= 11 is 0. The molecule has 33 heavy (non-hydrogen) atoms. The molecule has 5 fully saturated rings. The first-order chi connectivity index (χ1) is 15.3. The second-order valence-electron chi connectivity index (χ2n) is 14.8. The van der Waals surface area contributed by atoms with Crippen LogP contribution in [0.15, 0.2) is 12.2 Å². The zero-order chi connectivity index (χ0) is 23.8. The van der Waals surface area contributed by atoms with Gasteiger partial charge in [0.25, 0.3) is 0 Å². The molecule has 1 N–H and O–H groups in total. The van der Waals surface area contributed by atoms with Gasteiger partial charge in [-0.25, -0.2) is 0 Å². The topological polar surface area (TPSA) is 46.5 Å². The fourth-order valence-electron chi connectivity index (χ4n) is 11.4. The van der Waals surface area contributed by atoms with E-state index in [0.717, 1.165) is 44.9 Å². The SMILES string of the molecule is C[C@@H]1[C@@H]2[C@]3(CC[C@@H]1C)CC[C@]1(C)[C@@]2(C=C[C@@H]2[C@@]4(C)CC[C@H](O)C(C)(C)[C@H]4CC[C@]21C)OC3=O. The van der Waals surface area contributed by atoms with E-state index in [1.807, 2.05) is 0 Å². The molecule has 0 radical (unpaired) electrons. The highest BCUT2D eigenvalue weighted by Crippen LogP contribution is 2.79. The smallest absolute Gasteiger partial charge is 0.313 e. The summed E-state index contributed by atoms with van der Waals surface area (Å²) < 4.78 is 6.71. The second-order valence-corrected chi connectivity index (χ2v) is 14.8. The molecule has 2 bridgehead atoms. The standard InChI is InChI=1S/C30H46O3/c1-18-8-14-29-17-16-28(7)27(6)13-9-20-25(3,4)22(31)11-12-26(20,5)21(27)10-15-30(28,33-24(29)32)23(29)19(18)2/h10,15,18-23,31H,8-9,11-14,16-17H2,1-7H3/t18-,19-,20+,21+,22-,23+,26-,27+,28-,29-,30-/m0/s1. The molecule has 5 aliphatic carbocycles. The molecule has 1 spiro atoms. The minimum atomic E-state index is -0.450. The molecule has 1 saturated heterocycles. The molecule has 0 aromatic carbocycles. The van der Waals surface area contributed by atoms with Gasteiger partial charge in [-0.15, -0.1) is 0 Å². The van der Waals surface area contributed by atoms with E-state index >= 15 is 0 Å². The molecule has 0 aromatic heterocycles. The lowest BCUT2D eigenvalue weighted by atomic mass is 9.32. The number of rotatable bonds is 0. The van der Waals surface area contributed by atoms with Gasteiger partial charge in [0, 0.05) is 11.3 Å². The summed E-state index contributed by atoms with van der Waals surface area (Å²) in [7, 11) is 0. The number of aliphatic hydroxyl groups is 1. The van der Waals surface area contributed by atoms with Crippen LogP contribution in [0.5, 0.6) is 0 Å². The van der Waals surface area contributed by atoms with Gasteiger partial charge in [0.2, 0.25) is 0 Å². The van der Waals surface area contributed by atoms with Crippen molar-refractivity contribution in [1.82, 2.24) is 0 Å². The highest BCUT2D eigenvalue weighted by molar-refractivity contribution is 5.82. The average Bonchev–Trinajstić information content (AvgIpc) is 2.95. The fourth-order valence-corrected chi connectivity index (χ4v) is 11.4. The molecule has 0 aromatic rings. The summed E-state index contributed by atoms with van der Waals surface area (Å²) in [6, 6.07) is 0. The Kier molecular flexibility index (Phi) is 4.31. The Labute approximate surface area is 201 Å². The van der Waals surface area contributed by atoms with Crippen LogP contribution >= 0.6 is 0 Å². The molecular weight excluding hydrogens is 408 g/mol. The number of aliphatic hydroxyl groups excluding tert-OH is 1. The molecule has 4 saturated carbocycles. The van der Waals surface area contributed by atoms with Crippen LogP contribution in [0.2, 0.25) is 0 Å². The van der Waals surface area contributed by atoms with Crippen molar-refractivity contribution in [3.05, 3.63) is 12.2 Å². The largest absolute Gasteiger partial charge is 0.453 e. The van der Waals surface area contributed by atoms with Crippen molar-refractivity contribution in [2.75, 3.05) is 0 Å². The lowest BCUT2D eigenvalue weighted by molar-refractivity contribution is -0.245. The van der Waals surface area contributed by atoms with Gasteiger partial charge in [0.15, 0.2) is 0 Å². The minimum Gasteiger partial charge on any atom is -0.453 e. The molecule has 1 heterocycles. The maximum Gasteiger partial charge on any atom is 0.313 e. The molecule has 3 heteroatoms. The number of carbonyl (C=O) groups is 1. The summed E-state index contributed by atoms with van der Waals surface area (Å²) in [5.41, 5.74) is -0.514. The molecule has 184 valence electrons. The number of carbonyl (C=O) groups excluding carboxylic acids is 1. The Morgan fingerprint density at radius 3 is 2.39 bits per heavy atom. The number of esters is 1. The normalized spacial score (nSPS) is 60.8. The Morgan fingerprint density at radius 1 is 0.939 bits per heavy atom. The number of fused-ring (bicyclic) bond motifs is 4. The van der Waals surface area contributed by atoms with Crippen molar-refractivity contribution in [1.29, 1.82) is 0 Å². The summed E-state index contributed by atoms with van der Waals surface area (Å²) in [6.07, 6.45) is 13.4. The molecule has 0 amide bonds. The molecular formula is C30H46O3. The van der Waals surface area contributed by atoms with Gasteiger partial charge in [0.05, 0.1) is 11.5 Å². The van der Waals surface area contributed by atoms with Gasteiger partial charge in [-0.3, -0.25) is 4.79 Å². The summed E-state index contributed by atoms with van der Waals surface area (Å²) in [4.78, 5) is 13.6. The lowest BCUT2D eigenvalue weighted by Crippen LogP contribution is -2.71. The van der Waals surface area contributed by atoms with Crippen molar-refractivity contribution in [2.45, 2.75) is 112 Å². The third-order valence-electron chi connectivity index (χ3n) is 13.8. The number of hydrogen-bond donors (Lipinski definition) is 1. The van der Waals surface area contributed by atoms with Crippen molar-refractivity contribution < 1.29 is 14.6 Å². The highest BCUT2D eigenvalue weighted by atomic mass is 16.6. The first kappa shape index (κ1) is 22.6. The van der Waals surface area contributed by atoms with E-state index in [2.05, 4.69) is 60.6 Å². The molecule has 1 aliphatic heterocycles. The molecule has 11 atom stereocenters. The van der Waals surface area contributed by atoms with E-state index in [4.69, 9.17) is 4.74 Å². The zero-order valence-corrected chi connectivity index (χ0v) is 22.0. The van der Waals surface area contributed by atoms with Crippen LogP contribution in [-0.2, 0) is 9.53 Å². The Balaban J connectivity index is 1.52. The summed E-state index contributed by atoms with van der Waals surface area (Å²) in [6.45, 7) is 17.0. The Bertz CT molecular complexity index is 922. The molecule has 6 rings (SSSR count).